The van der Waals surface area contributed by atoms with Gasteiger partial charge in [0.05, 0.1) is 23.7 Å². The van der Waals surface area contributed by atoms with E-state index in [-0.39, 0.29) is 32.8 Å². The molecule has 0 spiro atoms. The van der Waals surface area contributed by atoms with Gasteiger partial charge >= 0.3 is 0 Å². The number of amides is 1. The van der Waals surface area contributed by atoms with Crippen molar-refractivity contribution < 1.29 is 22.7 Å². The monoisotopic (exact) mass is 551 g/mol. The highest BCUT2D eigenvalue weighted by atomic mass is 32.2. The van der Waals surface area contributed by atoms with Gasteiger partial charge in [-0.25, -0.2) is 8.42 Å². The minimum absolute atomic E-state index is 0.00154. The Morgan fingerprint density at radius 2 is 1.33 bits per heavy atom. The minimum atomic E-state index is -3.93. The second-order valence-electron chi connectivity index (χ2n) is 9.75. The van der Waals surface area contributed by atoms with Gasteiger partial charge in [0.2, 0.25) is 9.84 Å². The number of benzene rings is 3. The van der Waals surface area contributed by atoms with E-state index in [2.05, 4.69) is 19.2 Å². The zero-order chi connectivity index (χ0) is 28.1. The molecule has 0 saturated carbocycles. The minimum Gasteiger partial charge on any atom is -0.493 e. The van der Waals surface area contributed by atoms with Crippen molar-refractivity contribution in [1.82, 2.24) is 0 Å². The van der Waals surface area contributed by atoms with E-state index in [0.29, 0.717) is 18.9 Å². The lowest BCUT2D eigenvalue weighted by Crippen LogP contribution is -2.16. The number of ether oxygens (including phenoxy) is 2. The number of unbranched alkanes of at least 4 members (excludes halogenated alkanes) is 6. The molecule has 7 heteroatoms. The van der Waals surface area contributed by atoms with Crippen LogP contribution in [0.15, 0.2) is 76.5 Å². The Morgan fingerprint density at radius 1 is 0.744 bits per heavy atom. The van der Waals surface area contributed by atoms with Gasteiger partial charge < -0.3 is 14.8 Å². The molecule has 39 heavy (non-hydrogen) atoms. The Morgan fingerprint density at radius 3 is 1.92 bits per heavy atom. The van der Waals surface area contributed by atoms with Crippen LogP contribution in [0.2, 0.25) is 0 Å². The average molecular weight is 552 g/mol. The largest absolute Gasteiger partial charge is 0.493 e. The number of hydrogen-bond donors (Lipinski definition) is 1. The highest BCUT2D eigenvalue weighted by Crippen LogP contribution is 2.36. The topological polar surface area (TPSA) is 81.7 Å². The molecule has 3 rings (SSSR count). The van der Waals surface area contributed by atoms with Crippen molar-refractivity contribution in [2.45, 2.75) is 81.9 Å². The summed E-state index contributed by atoms with van der Waals surface area (Å²) in [7, 11) is -3.93. The third kappa shape index (κ3) is 8.85. The summed E-state index contributed by atoms with van der Waals surface area (Å²) in [5.74, 6) is -0.00700. The number of sulfone groups is 1. The summed E-state index contributed by atoms with van der Waals surface area (Å²) >= 11 is 0. The van der Waals surface area contributed by atoms with E-state index < -0.39 is 9.84 Å². The Bertz CT molecular complexity index is 1290. The van der Waals surface area contributed by atoms with Crippen molar-refractivity contribution in [3.8, 4) is 11.5 Å². The molecule has 3 aromatic carbocycles. The number of aryl methyl sites for hydroxylation is 1. The van der Waals surface area contributed by atoms with Crippen LogP contribution in [0.4, 0.5) is 5.69 Å². The van der Waals surface area contributed by atoms with Crippen LogP contribution in [0.1, 0.15) is 81.1 Å². The molecule has 0 bridgehead atoms. The first-order chi connectivity index (χ1) is 18.9. The van der Waals surface area contributed by atoms with Gasteiger partial charge in [-0.1, -0.05) is 88.3 Å². The third-order valence-corrected chi connectivity index (χ3v) is 8.24. The van der Waals surface area contributed by atoms with Crippen molar-refractivity contribution >= 4 is 21.4 Å². The molecule has 6 nitrogen and oxygen atoms in total. The first kappa shape index (κ1) is 30.2. The summed E-state index contributed by atoms with van der Waals surface area (Å²) in [5.41, 5.74) is 1.83. The second kappa shape index (κ2) is 15.3. The smallest absolute Gasteiger partial charge is 0.259 e. The fourth-order valence-electron chi connectivity index (χ4n) is 4.15. The van der Waals surface area contributed by atoms with E-state index >= 15 is 0 Å². The van der Waals surface area contributed by atoms with Gasteiger partial charge in [0, 0.05) is 11.8 Å². The van der Waals surface area contributed by atoms with Gasteiger partial charge in [-0.2, -0.15) is 0 Å². The molecule has 1 amide bonds. The van der Waals surface area contributed by atoms with Crippen LogP contribution in [-0.2, 0) is 9.84 Å². The molecule has 0 saturated heterocycles. The number of rotatable bonds is 16. The lowest BCUT2D eigenvalue weighted by Gasteiger charge is -2.18. The molecule has 0 radical (unpaired) electrons. The van der Waals surface area contributed by atoms with Crippen LogP contribution in [0.3, 0.4) is 0 Å². The fraction of sp³-hybridized carbons (Fsp3) is 0.406. The molecule has 0 heterocycles. The predicted octanol–water partition coefficient (Wildman–Crippen LogP) is 8.00. The van der Waals surface area contributed by atoms with E-state index in [1.807, 2.05) is 25.1 Å². The standard InChI is InChI=1S/C32H41NO5S/c1-4-6-8-13-21-37-29-24-31(39(35,36)27-19-17-25(3)18-20-27)30(38-22-14-9-7-5-2)23-28(29)32(34)33-26-15-11-10-12-16-26/h10-12,15-20,23-24H,4-9,13-14,21-22H2,1-3H3,(H,33,34). The molecule has 0 aromatic heterocycles. The number of carbonyl (C=O) groups is 1. The van der Waals surface area contributed by atoms with Gasteiger partial charge in [-0.05, 0) is 50.1 Å². The number of para-hydroxylation sites is 1. The van der Waals surface area contributed by atoms with Crippen LogP contribution in [0, 0.1) is 6.92 Å². The van der Waals surface area contributed by atoms with Crippen LogP contribution < -0.4 is 14.8 Å². The quantitative estimate of drug-likeness (QED) is 0.182. The molecular formula is C32H41NO5S. The van der Waals surface area contributed by atoms with Gasteiger partial charge in [0.1, 0.15) is 16.4 Å². The number of nitrogens with one attached hydrogen (secondary N) is 1. The van der Waals surface area contributed by atoms with Crippen molar-refractivity contribution in [3.05, 3.63) is 77.9 Å². The van der Waals surface area contributed by atoms with Crippen molar-refractivity contribution in [1.29, 1.82) is 0 Å². The van der Waals surface area contributed by atoms with Gasteiger partial charge in [-0.3, -0.25) is 4.79 Å². The summed E-state index contributed by atoms with van der Waals surface area (Å²) in [4.78, 5) is 13.6. The summed E-state index contributed by atoms with van der Waals surface area (Å²) in [6.07, 6.45) is 7.92. The molecule has 210 valence electrons. The number of hydrogen-bond acceptors (Lipinski definition) is 5. The molecule has 0 aliphatic rings. The number of anilines is 1. The Hall–Kier alpha value is -3.32. The summed E-state index contributed by atoms with van der Waals surface area (Å²) in [6.45, 7) is 6.91. The van der Waals surface area contributed by atoms with Crippen molar-refractivity contribution in [3.63, 3.8) is 0 Å². The third-order valence-electron chi connectivity index (χ3n) is 6.45. The van der Waals surface area contributed by atoms with Gasteiger partial charge in [0.25, 0.3) is 5.91 Å². The number of carbonyl (C=O) groups excluding carboxylic acids is 1. The van der Waals surface area contributed by atoms with E-state index in [9.17, 15) is 13.2 Å². The summed E-state index contributed by atoms with van der Waals surface area (Å²) in [5, 5.41) is 2.89. The maximum atomic E-state index is 13.8. The van der Waals surface area contributed by atoms with Crippen LogP contribution in [0.5, 0.6) is 11.5 Å². The lowest BCUT2D eigenvalue weighted by molar-refractivity contribution is 0.102. The van der Waals surface area contributed by atoms with E-state index in [1.54, 1.807) is 36.4 Å². The molecule has 0 aliphatic heterocycles. The second-order valence-corrected chi connectivity index (χ2v) is 11.7. The van der Waals surface area contributed by atoms with Crippen LogP contribution in [0.25, 0.3) is 0 Å². The predicted molar refractivity (Wildman–Crippen MR) is 157 cm³/mol. The van der Waals surface area contributed by atoms with Crippen LogP contribution >= 0.6 is 0 Å². The molecule has 0 aliphatic carbocycles. The molecule has 0 unspecified atom stereocenters. The van der Waals surface area contributed by atoms with E-state index in [1.165, 1.54) is 12.1 Å². The summed E-state index contributed by atoms with van der Waals surface area (Å²) < 4.78 is 39.7. The Balaban J connectivity index is 2.03. The highest BCUT2D eigenvalue weighted by molar-refractivity contribution is 7.91. The van der Waals surface area contributed by atoms with Crippen LogP contribution in [-0.4, -0.2) is 27.5 Å². The van der Waals surface area contributed by atoms with E-state index in [4.69, 9.17) is 9.47 Å². The maximum absolute atomic E-state index is 13.8. The molecule has 0 atom stereocenters. The van der Waals surface area contributed by atoms with Gasteiger partial charge in [-0.15, -0.1) is 0 Å². The molecule has 1 N–H and O–H groups in total. The molecular weight excluding hydrogens is 510 g/mol. The maximum Gasteiger partial charge on any atom is 0.259 e. The fourth-order valence-corrected chi connectivity index (χ4v) is 5.54. The van der Waals surface area contributed by atoms with Crippen molar-refractivity contribution in [2.75, 3.05) is 18.5 Å². The SMILES string of the molecule is CCCCCCOc1cc(S(=O)(=O)c2ccc(C)cc2)c(OCCCCCC)cc1C(=O)Nc1ccccc1. The molecule has 3 aromatic rings. The van der Waals surface area contributed by atoms with E-state index in [0.717, 1.165) is 56.9 Å². The normalized spacial score (nSPS) is 11.3. The average Bonchev–Trinajstić information content (AvgIpc) is 2.93. The van der Waals surface area contributed by atoms with Gasteiger partial charge in [0.15, 0.2) is 0 Å². The van der Waals surface area contributed by atoms with Crippen molar-refractivity contribution in [2.24, 2.45) is 0 Å². The summed E-state index contributed by atoms with van der Waals surface area (Å²) in [6, 6.07) is 18.8. The Labute approximate surface area is 233 Å². The molecule has 0 fully saturated rings. The lowest BCUT2D eigenvalue weighted by atomic mass is 10.1. The first-order valence-corrected chi connectivity index (χ1v) is 15.5. The Kier molecular flexibility index (Phi) is 11.9. The zero-order valence-electron chi connectivity index (χ0n) is 23.4. The highest BCUT2D eigenvalue weighted by Gasteiger charge is 2.27. The first-order valence-electron chi connectivity index (χ1n) is 14.0. The zero-order valence-corrected chi connectivity index (χ0v) is 24.2.